The topological polar surface area (TPSA) is 49.3 Å². The Kier molecular flexibility index (Phi) is 5.57. The van der Waals surface area contributed by atoms with Crippen LogP contribution in [-0.2, 0) is 0 Å². The molecule has 0 saturated heterocycles. The van der Waals surface area contributed by atoms with Crippen LogP contribution in [0.1, 0.15) is 49.4 Å². The summed E-state index contributed by atoms with van der Waals surface area (Å²) in [4.78, 5) is 11.7. The summed E-state index contributed by atoms with van der Waals surface area (Å²) in [6.07, 6.45) is 5.09. The van der Waals surface area contributed by atoms with Crippen LogP contribution in [0.2, 0.25) is 0 Å². The fourth-order valence-electron chi connectivity index (χ4n) is 1.59. The number of nitrogens with one attached hydrogen (secondary N) is 1. The molecule has 0 atom stereocenters. The van der Waals surface area contributed by atoms with E-state index in [-0.39, 0.29) is 5.78 Å². The van der Waals surface area contributed by atoms with Crippen molar-refractivity contribution in [1.29, 1.82) is 0 Å². The predicted molar refractivity (Wildman–Crippen MR) is 64.9 cm³/mol. The second kappa shape index (κ2) is 7.01. The molecule has 0 aliphatic carbocycles. The molecule has 0 aliphatic heterocycles. The van der Waals surface area contributed by atoms with Crippen LogP contribution in [-0.4, -0.2) is 11.0 Å². The summed E-state index contributed by atoms with van der Waals surface area (Å²) in [6, 6.07) is 6.86. The van der Waals surface area contributed by atoms with E-state index < -0.39 is 0 Å². The molecule has 1 aromatic rings. The van der Waals surface area contributed by atoms with E-state index in [0.29, 0.717) is 12.1 Å². The molecule has 0 amide bonds. The summed E-state index contributed by atoms with van der Waals surface area (Å²) < 4.78 is 0. The summed E-state index contributed by atoms with van der Waals surface area (Å²) in [7, 11) is 0. The van der Waals surface area contributed by atoms with E-state index in [1.807, 2.05) is 5.48 Å². The molecule has 0 bridgehead atoms. The summed E-state index contributed by atoms with van der Waals surface area (Å²) in [6.45, 7) is 2.16. The van der Waals surface area contributed by atoms with Gasteiger partial charge >= 0.3 is 0 Å². The van der Waals surface area contributed by atoms with Crippen molar-refractivity contribution < 1.29 is 10.0 Å². The summed E-state index contributed by atoms with van der Waals surface area (Å²) in [5.74, 6) is 0.181. The van der Waals surface area contributed by atoms with Gasteiger partial charge in [0.1, 0.15) is 0 Å². The van der Waals surface area contributed by atoms with Gasteiger partial charge in [0.15, 0.2) is 5.78 Å². The minimum absolute atomic E-state index is 0.181. The number of anilines is 1. The van der Waals surface area contributed by atoms with Crippen molar-refractivity contribution in [2.75, 3.05) is 5.48 Å². The number of ketones is 1. The summed E-state index contributed by atoms with van der Waals surface area (Å²) in [5.41, 5.74) is 3.36. The number of carbonyl (C=O) groups is 1. The van der Waals surface area contributed by atoms with Crippen LogP contribution in [0, 0.1) is 0 Å². The Hall–Kier alpha value is -1.35. The molecule has 0 radical (unpaired) electrons. The van der Waals surface area contributed by atoms with E-state index in [9.17, 15) is 4.79 Å². The molecular formula is C13H19NO2. The van der Waals surface area contributed by atoms with E-state index in [0.717, 1.165) is 18.4 Å². The summed E-state index contributed by atoms with van der Waals surface area (Å²) >= 11 is 0. The molecule has 16 heavy (non-hydrogen) atoms. The Bertz CT molecular complexity index is 319. The largest absolute Gasteiger partial charge is 0.294 e. The molecular weight excluding hydrogens is 202 g/mol. The third kappa shape index (κ3) is 4.03. The van der Waals surface area contributed by atoms with Crippen molar-refractivity contribution in [3.63, 3.8) is 0 Å². The zero-order chi connectivity index (χ0) is 11.8. The van der Waals surface area contributed by atoms with Gasteiger partial charge in [-0.3, -0.25) is 15.5 Å². The Balaban J connectivity index is 2.40. The fourth-order valence-corrected chi connectivity index (χ4v) is 1.59. The molecule has 0 unspecified atom stereocenters. The van der Waals surface area contributed by atoms with Gasteiger partial charge in [-0.15, -0.1) is 0 Å². The summed E-state index contributed by atoms with van der Waals surface area (Å²) in [5, 5.41) is 8.63. The average molecular weight is 221 g/mol. The smallest absolute Gasteiger partial charge is 0.162 e. The molecule has 0 spiro atoms. The van der Waals surface area contributed by atoms with Crippen molar-refractivity contribution in [2.24, 2.45) is 0 Å². The number of benzene rings is 1. The van der Waals surface area contributed by atoms with E-state index in [1.165, 1.54) is 12.8 Å². The van der Waals surface area contributed by atoms with Crippen LogP contribution in [0.15, 0.2) is 24.3 Å². The van der Waals surface area contributed by atoms with Crippen molar-refractivity contribution in [2.45, 2.75) is 39.0 Å². The maximum Gasteiger partial charge on any atom is 0.162 e. The second-order valence-corrected chi connectivity index (χ2v) is 3.92. The van der Waals surface area contributed by atoms with Gasteiger partial charge in [0, 0.05) is 12.0 Å². The second-order valence-electron chi connectivity index (χ2n) is 3.92. The Morgan fingerprint density at radius 3 is 2.44 bits per heavy atom. The van der Waals surface area contributed by atoms with Crippen molar-refractivity contribution in [3.8, 4) is 0 Å². The number of unbranched alkanes of at least 4 members (excludes halogenated alkanes) is 3. The highest BCUT2D eigenvalue weighted by Crippen LogP contribution is 2.12. The third-order valence-corrected chi connectivity index (χ3v) is 2.59. The van der Waals surface area contributed by atoms with Crippen molar-refractivity contribution in [3.05, 3.63) is 29.8 Å². The molecule has 0 saturated carbocycles. The number of rotatable bonds is 7. The molecule has 2 N–H and O–H groups in total. The normalized spacial score (nSPS) is 10.1. The van der Waals surface area contributed by atoms with Crippen LogP contribution in [0.3, 0.4) is 0 Å². The van der Waals surface area contributed by atoms with Gasteiger partial charge in [-0.25, -0.2) is 0 Å². The molecule has 0 heterocycles. The van der Waals surface area contributed by atoms with Crippen LogP contribution in [0.4, 0.5) is 5.69 Å². The number of hydrogen-bond acceptors (Lipinski definition) is 3. The minimum atomic E-state index is 0.181. The number of hydrogen-bond donors (Lipinski definition) is 2. The Morgan fingerprint density at radius 2 is 1.88 bits per heavy atom. The number of carbonyl (C=O) groups excluding carboxylic acids is 1. The Labute approximate surface area is 96.4 Å². The lowest BCUT2D eigenvalue weighted by Gasteiger charge is -2.02. The highest BCUT2D eigenvalue weighted by Gasteiger charge is 2.04. The zero-order valence-electron chi connectivity index (χ0n) is 9.70. The van der Waals surface area contributed by atoms with Gasteiger partial charge in [-0.1, -0.05) is 26.2 Å². The highest BCUT2D eigenvalue weighted by atomic mass is 16.5. The molecule has 3 heteroatoms. The first-order valence-electron chi connectivity index (χ1n) is 5.81. The van der Waals surface area contributed by atoms with Crippen LogP contribution < -0.4 is 5.48 Å². The van der Waals surface area contributed by atoms with Gasteiger partial charge in [0.25, 0.3) is 0 Å². The molecule has 3 nitrogen and oxygen atoms in total. The standard InChI is InChI=1S/C13H19NO2/c1-2-3-4-5-6-13(15)11-7-9-12(14-16)10-8-11/h7-10,14,16H,2-6H2,1H3. The third-order valence-electron chi connectivity index (χ3n) is 2.59. The van der Waals surface area contributed by atoms with Gasteiger partial charge in [-0.2, -0.15) is 0 Å². The SMILES string of the molecule is CCCCCCC(=O)c1ccc(NO)cc1. The zero-order valence-corrected chi connectivity index (χ0v) is 9.70. The van der Waals surface area contributed by atoms with Gasteiger partial charge in [0.05, 0.1) is 5.69 Å². The fraction of sp³-hybridized carbons (Fsp3) is 0.462. The van der Waals surface area contributed by atoms with Crippen LogP contribution in [0.25, 0.3) is 0 Å². The lowest BCUT2D eigenvalue weighted by molar-refractivity contribution is 0.0979. The molecule has 0 fully saturated rings. The first kappa shape index (κ1) is 12.7. The number of Topliss-reactive ketones (excluding diaryl/α,β-unsaturated/α-hetero) is 1. The van der Waals surface area contributed by atoms with E-state index >= 15 is 0 Å². The predicted octanol–water partition coefficient (Wildman–Crippen LogP) is 3.64. The molecule has 1 rings (SSSR count). The Morgan fingerprint density at radius 1 is 1.19 bits per heavy atom. The van der Waals surface area contributed by atoms with E-state index in [2.05, 4.69) is 6.92 Å². The quantitative estimate of drug-likeness (QED) is 0.420. The van der Waals surface area contributed by atoms with Gasteiger partial charge < -0.3 is 0 Å². The van der Waals surface area contributed by atoms with Crippen LogP contribution in [0.5, 0.6) is 0 Å². The average Bonchev–Trinajstić information content (AvgIpc) is 2.34. The highest BCUT2D eigenvalue weighted by molar-refractivity contribution is 5.96. The maximum absolute atomic E-state index is 11.7. The molecule has 1 aromatic carbocycles. The minimum Gasteiger partial charge on any atom is -0.294 e. The van der Waals surface area contributed by atoms with Crippen molar-refractivity contribution >= 4 is 11.5 Å². The first-order chi connectivity index (χ1) is 7.77. The van der Waals surface area contributed by atoms with E-state index in [1.54, 1.807) is 24.3 Å². The molecule has 0 aromatic heterocycles. The first-order valence-corrected chi connectivity index (χ1v) is 5.81. The van der Waals surface area contributed by atoms with Gasteiger partial charge in [0.2, 0.25) is 0 Å². The lowest BCUT2D eigenvalue weighted by atomic mass is 10.0. The molecule has 0 aliphatic rings. The van der Waals surface area contributed by atoms with Gasteiger partial charge in [-0.05, 0) is 30.7 Å². The lowest BCUT2D eigenvalue weighted by Crippen LogP contribution is -1.99. The van der Waals surface area contributed by atoms with Crippen molar-refractivity contribution in [1.82, 2.24) is 0 Å². The van der Waals surface area contributed by atoms with E-state index in [4.69, 9.17) is 5.21 Å². The molecule has 88 valence electrons. The maximum atomic E-state index is 11.7. The van der Waals surface area contributed by atoms with Crippen LogP contribution >= 0.6 is 0 Å². The monoisotopic (exact) mass is 221 g/mol.